The molecule has 3 atom stereocenters. The summed E-state index contributed by atoms with van der Waals surface area (Å²) in [5.74, 6) is 2.52. The van der Waals surface area contributed by atoms with E-state index in [4.69, 9.17) is 13.9 Å². The Labute approximate surface area is 146 Å². The highest BCUT2D eigenvalue weighted by Crippen LogP contribution is 2.35. The summed E-state index contributed by atoms with van der Waals surface area (Å²) in [5, 5.41) is 3.03. The molecule has 1 saturated heterocycles. The summed E-state index contributed by atoms with van der Waals surface area (Å²) in [5.41, 5.74) is 0. The van der Waals surface area contributed by atoms with Crippen LogP contribution in [0.15, 0.2) is 28.1 Å². The number of furan rings is 1. The van der Waals surface area contributed by atoms with E-state index < -0.39 is 0 Å². The van der Waals surface area contributed by atoms with Crippen LogP contribution < -0.4 is 0 Å². The Hall–Kier alpha value is -1.21. The van der Waals surface area contributed by atoms with Gasteiger partial charge in [-0.15, -0.1) is 11.3 Å². The normalized spacial score (nSPS) is 27.5. The van der Waals surface area contributed by atoms with Crippen LogP contribution >= 0.6 is 11.3 Å². The second kappa shape index (κ2) is 7.35. The van der Waals surface area contributed by atoms with Crippen molar-refractivity contribution in [2.45, 2.75) is 45.1 Å². The zero-order valence-corrected chi connectivity index (χ0v) is 14.8. The molecule has 130 valence electrons. The van der Waals surface area contributed by atoms with Gasteiger partial charge in [-0.05, 0) is 31.9 Å². The van der Waals surface area contributed by atoms with Crippen molar-refractivity contribution in [3.63, 3.8) is 0 Å². The van der Waals surface area contributed by atoms with Gasteiger partial charge in [0.05, 0.1) is 32.5 Å². The minimum absolute atomic E-state index is 0.283. The number of thiazole rings is 1. The van der Waals surface area contributed by atoms with Gasteiger partial charge in [0.15, 0.2) is 0 Å². The lowest BCUT2D eigenvalue weighted by molar-refractivity contribution is -0.0904. The molecule has 3 unspecified atom stereocenters. The van der Waals surface area contributed by atoms with Gasteiger partial charge < -0.3 is 13.9 Å². The van der Waals surface area contributed by atoms with Crippen molar-refractivity contribution in [1.82, 2.24) is 9.88 Å². The van der Waals surface area contributed by atoms with Gasteiger partial charge in [-0.1, -0.05) is 0 Å². The summed E-state index contributed by atoms with van der Waals surface area (Å²) in [6.07, 6.45) is 4.45. The molecule has 1 saturated carbocycles. The van der Waals surface area contributed by atoms with Crippen molar-refractivity contribution >= 4 is 11.3 Å². The minimum atomic E-state index is 0.283. The molecule has 2 fully saturated rings. The van der Waals surface area contributed by atoms with Crippen LogP contribution in [0.5, 0.6) is 0 Å². The molecular formula is C18H24N2O3S. The Kier molecular flexibility index (Phi) is 4.98. The second-order valence-electron chi connectivity index (χ2n) is 6.66. The Bertz CT molecular complexity index is 642. The smallest absolute Gasteiger partial charge is 0.118 e. The lowest BCUT2D eigenvalue weighted by Gasteiger charge is -2.38. The molecule has 1 aliphatic carbocycles. The molecule has 0 radical (unpaired) electrons. The highest BCUT2D eigenvalue weighted by molar-refractivity contribution is 7.09. The summed E-state index contributed by atoms with van der Waals surface area (Å²) in [6.45, 7) is 6.02. The van der Waals surface area contributed by atoms with Crippen LogP contribution in [0.3, 0.4) is 0 Å². The largest absolute Gasteiger partial charge is 0.465 e. The molecule has 2 aromatic rings. The number of hydrogen-bond acceptors (Lipinski definition) is 6. The van der Waals surface area contributed by atoms with Crippen LogP contribution in [0.25, 0.3) is 0 Å². The van der Waals surface area contributed by atoms with Crippen molar-refractivity contribution in [3.05, 3.63) is 40.2 Å². The zero-order valence-electron chi connectivity index (χ0n) is 14.0. The molecule has 3 heterocycles. The fourth-order valence-electron chi connectivity index (χ4n) is 3.90. The number of morpholine rings is 1. The van der Waals surface area contributed by atoms with Crippen molar-refractivity contribution < 1.29 is 13.9 Å². The molecule has 0 bridgehead atoms. The van der Waals surface area contributed by atoms with Crippen LogP contribution in [0, 0.1) is 12.8 Å². The van der Waals surface area contributed by atoms with E-state index in [-0.39, 0.29) is 6.10 Å². The monoisotopic (exact) mass is 348 g/mol. The second-order valence-corrected chi connectivity index (χ2v) is 7.64. The minimum Gasteiger partial charge on any atom is -0.465 e. The van der Waals surface area contributed by atoms with E-state index in [0.717, 1.165) is 42.8 Å². The number of hydrogen-bond donors (Lipinski definition) is 0. The first-order chi connectivity index (χ1) is 11.8. The van der Waals surface area contributed by atoms with Gasteiger partial charge in [0.2, 0.25) is 0 Å². The maximum Gasteiger partial charge on any atom is 0.118 e. The average Bonchev–Trinajstić information content (AvgIpc) is 3.30. The molecule has 2 aromatic heterocycles. The molecule has 0 N–H and O–H groups in total. The molecule has 1 aliphatic heterocycles. The van der Waals surface area contributed by atoms with E-state index in [2.05, 4.69) is 16.0 Å². The van der Waals surface area contributed by atoms with Crippen LogP contribution in [0.1, 0.15) is 29.4 Å². The third kappa shape index (κ3) is 3.57. The first-order valence-corrected chi connectivity index (χ1v) is 9.54. The number of ether oxygens (including phenoxy) is 2. The van der Waals surface area contributed by atoms with Crippen LogP contribution in [0.4, 0.5) is 0 Å². The standard InChI is InChI=1S/C18H24N2O3S/c1-13-2-4-15(23-13)10-20-7-8-22-18-14(3-5-16(18)20)11-21-12-17-19-6-9-24-17/h2,4,6,9,14,16,18H,3,5,7-8,10-12H2,1H3. The SMILES string of the molecule is Cc1ccc(CN2CCOC3C(COCc4nccs4)CCC32)o1. The number of nitrogens with zero attached hydrogens (tertiary/aromatic N) is 2. The molecule has 0 amide bonds. The van der Waals surface area contributed by atoms with Crippen LogP contribution in [-0.4, -0.2) is 41.8 Å². The molecule has 2 aliphatic rings. The molecule has 0 aromatic carbocycles. The number of aromatic nitrogens is 1. The highest BCUT2D eigenvalue weighted by Gasteiger charge is 2.42. The summed E-state index contributed by atoms with van der Waals surface area (Å²) < 4.78 is 17.8. The van der Waals surface area contributed by atoms with Gasteiger partial charge in [0, 0.05) is 30.1 Å². The first-order valence-electron chi connectivity index (χ1n) is 8.66. The van der Waals surface area contributed by atoms with E-state index in [1.54, 1.807) is 11.3 Å². The highest BCUT2D eigenvalue weighted by atomic mass is 32.1. The van der Waals surface area contributed by atoms with Crippen molar-refractivity contribution in [2.75, 3.05) is 19.8 Å². The number of rotatable bonds is 6. The third-order valence-corrected chi connectivity index (χ3v) is 5.78. The van der Waals surface area contributed by atoms with E-state index >= 15 is 0 Å². The maximum atomic E-state index is 6.11. The van der Waals surface area contributed by atoms with E-state index in [1.165, 1.54) is 12.8 Å². The molecule has 6 heteroatoms. The average molecular weight is 348 g/mol. The summed E-state index contributed by atoms with van der Waals surface area (Å²) in [7, 11) is 0. The lowest BCUT2D eigenvalue weighted by atomic mass is 10.0. The zero-order chi connectivity index (χ0) is 16.4. The van der Waals surface area contributed by atoms with Crippen molar-refractivity contribution in [2.24, 2.45) is 5.92 Å². The van der Waals surface area contributed by atoms with Gasteiger partial charge in [0.1, 0.15) is 16.5 Å². The van der Waals surface area contributed by atoms with E-state index in [1.807, 2.05) is 24.6 Å². The predicted octanol–water partition coefficient (Wildman–Crippen LogP) is 3.24. The molecule has 4 rings (SSSR count). The van der Waals surface area contributed by atoms with E-state index in [0.29, 0.717) is 18.6 Å². The van der Waals surface area contributed by atoms with Gasteiger partial charge in [-0.2, -0.15) is 0 Å². The van der Waals surface area contributed by atoms with Gasteiger partial charge in [-0.3, -0.25) is 4.90 Å². The molecular weight excluding hydrogens is 324 g/mol. The Morgan fingerprint density at radius 1 is 1.38 bits per heavy atom. The molecule has 0 spiro atoms. The lowest BCUT2D eigenvalue weighted by Crippen LogP contribution is -2.50. The fourth-order valence-corrected chi connectivity index (χ4v) is 4.46. The fraction of sp³-hybridized carbons (Fsp3) is 0.611. The summed E-state index contributed by atoms with van der Waals surface area (Å²) in [6, 6.07) is 4.61. The Morgan fingerprint density at radius 3 is 3.12 bits per heavy atom. The van der Waals surface area contributed by atoms with Crippen LogP contribution in [0.2, 0.25) is 0 Å². The Balaban J connectivity index is 1.32. The topological polar surface area (TPSA) is 47.7 Å². The molecule has 24 heavy (non-hydrogen) atoms. The van der Waals surface area contributed by atoms with Gasteiger partial charge in [0.25, 0.3) is 0 Å². The van der Waals surface area contributed by atoms with Crippen molar-refractivity contribution in [3.8, 4) is 0 Å². The maximum absolute atomic E-state index is 6.11. The van der Waals surface area contributed by atoms with Gasteiger partial charge >= 0.3 is 0 Å². The number of aryl methyl sites for hydroxylation is 1. The third-order valence-electron chi connectivity index (χ3n) is 5.03. The first kappa shape index (κ1) is 16.3. The predicted molar refractivity (Wildman–Crippen MR) is 91.9 cm³/mol. The van der Waals surface area contributed by atoms with Crippen molar-refractivity contribution in [1.29, 1.82) is 0 Å². The quantitative estimate of drug-likeness (QED) is 0.802. The summed E-state index contributed by atoms with van der Waals surface area (Å²) in [4.78, 5) is 6.79. The summed E-state index contributed by atoms with van der Waals surface area (Å²) >= 11 is 1.65. The van der Waals surface area contributed by atoms with Gasteiger partial charge in [-0.25, -0.2) is 4.98 Å². The van der Waals surface area contributed by atoms with E-state index in [9.17, 15) is 0 Å². The number of fused-ring (bicyclic) bond motifs is 1. The molecule has 5 nitrogen and oxygen atoms in total. The Morgan fingerprint density at radius 2 is 2.33 bits per heavy atom. The van der Waals surface area contributed by atoms with Crippen LogP contribution in [-0.2, 0) is 22.6 Å².